The maximum absolute atomic E-state index is 10.6. The van der Waals surface area contributed by atoms with Crippen molar-refractivity contribution >= 4 is 22.2 Å². The quantitative estimate of drug-likeness (QED) is 0.183. The summed E-state index contributed by atoms with van der Waals surface area (Å²) in [6, 6.07) is 36.3. The molecule has 0 heterocycles. The number of hydrogen-bond donors (Lipinski definition) is 2. The molecule has 0 amide bonds. The highest BCUT2D eigenvalue weighted by molar-refractivity contribution is 9.10. The Hall–Kier alpha value is -3.05. The summed E-state index contributed by atoms with van der Waals surface area (Å²) < 4.78 is 1.12. The van der Waals surface area contributed by atoms with E-state index in [-0.39, 0.29) is 7.43 Å². The van der Waals surface area contributed by atoms with Gasteiger partial charge in [-0.3, -0.25) is 15.3 Å². The summed E-state index contributed by atoms with van der Waals surface area (Å²) in [5.41, 5.74) is 5.43. The number of halogens is 1. The molecule has 0 aliphatic rings. The van der Waals surface area contributed by atoms with Crippen LogP contribution in [-0.2, 0) is 0 Å². The Morgan fingerprint density at radius 3 is 1.47 bits per heavy atom. The lowest BCUT2D eigenvalue weighted by atomic mass is 10.0. The van der Waals surface area contributed by atoms with Gasteiger partial charge in [0.25, 0.3) is 0 Å². The second kappa shape index (κ2) is 14.0. The summed E-state index contributed by atoms with van der Waals surface area (Å²) in [5.74, 6) is 0. The molecule has 0 aromatic heterocycles. The van der Waals surface area contributed by atoms with Crippen molar-refractivity contribution in [3.63, 3.8) is 0 Å². The third-order valence-corrected chi connectivity index (χ3v) is 4.55. The molecule has 2 N–H and O–H groups in total. The highest BCUT2D eigenvalue weighted by atomic mass is 79.9. The van der Waals surface area contributed by atoms with Gasteiger partial charge in [-0.25, -0.2) is 0 Å². The van der Waals surface area contributed by atoms with Crippen LogP contribution in [0.2, 0.25) is 0 Å². The molecule has 0 spiro atoms. The van der Waals surface area contributed by atoms with Crippen LogP contribution < -0.4 is 0 Å². The first-order valence-electron chi connectivity index (χ1n) is 8.88. The van der Waals surface area contributed by atoms with Gasteiger partial charge in [0.15, 0.2) is 0 Å². The normalized spacial score (nSPS) is 9.03. The summed E-state index contributed by atoms with van der Waals surface area (Å²) in [7, 11) is 0. The van der Waals surface area contributed by atoms with Crippen molar-refractivity contribution in [3.05, 3.63) is 119 Å². The first-order valence-corrected chi connectivity index (χ1v) is 9.67. The molecule has 0 radical (unpaired) electrons. The van der Waals surface area contributed by atoms with Crippen molar-refractivity contribution in [2.45, 2.75) is 7.43 Å². The zero-order valence-corrected chi connectivity index (χ0v) is 17.2. The van der Waals surface area contributed by atoms with Crippen molar-refractivity contribution < 1.29 is 15.3 Å². The molecule has 4 heteroatoms. The number of carbonyl (C=O) groups excluding carboxylic acids is 1. The fraction of sp³-hybridized carbons (Fsp3) is 0.0385. The summed E-state index contributed by atoms with van der Waals surface area (Å²) in [5, 5.41) is 12.0. The Kier molecular flexibility index (Phi) is 11.7. The minimum atomic E-state index is 0. The van der Waals surface area contributed by atoms with Crippen molar-refractivity contribution in [2.75, 3.05) is 0 Å². The second-order valence-corrected chi connectivity index (χ2v) is 6.90. The van der Waals surface area contributed by atoms with Gasteiger partial charge in [-0.15, -0.1) is 0 Å². The lowest BCUT2D eigenvalue weighted by Gasteiger charge is -2.00. The van der Waals surface area contributed by atoms with Crippen molar-refractivity contribution in [2.24, 2.45) is 0 Å². The molecule has 0 fully saturated rings. The fourth-order valence-corrected chi connectivity index (χ4v) is 3.12. The average molecular weight is 465 g/mol. The van der Waals surface area contributed by atoms with Crippen LogP contribution in [0.5, 0.6) is 0 Å². The minimum absolute atomic E-state index is 0. The monoisotopic (exact) mass is 464 g/mol. The van der Waals surface area contributed by atoms with Crippen LogP contribution in [0.1, 0.15) is 17.8 Å². The second-order valence-electron chi connectivity index (χ2n) is 5.99. The standard InChI is InChI=1S/C13H10O.C12H9Br.CH4.H2O2/c14-10-11-5-4-8-13(9-11)12-6-2-1-3-7-12;13-12-8-4-7-11(9-12)10-5-2-1-3-6-10;;1-2/h1-10H;1-9H;1H4;1-2H. The van der Waals surface area contributed by atoms with Gasteiger partial charge in [-0.05, 0) is 40.5 Å². The Morgan fingerprint density at radius 1 is 0.567 bits per heavy atom. The van der Waals surface area contributed by atoms with Gasteiger partial charge in [0.1, 0.15) is 6.29 Å². The lowest BCUT2D eigenvalue weighted by Crippen LogP contribution is -1.81. The Bertz CT molecular complexity index is 1000. The van der Waals surface area contributed by atoms with E-state index < -0.39 is 0 Å². The maximum atomic E-state index is 10.6. The molecule has 0 saturated heterocycles. The molecule has 30 heavy (non-hydrogen) atoms. The number of carbonyl (C=O) groups is 1. The van der Waals surface area contributed by atoms with E-state index in [2.05, 4.69) is 52.3 Å². The summed E-state index contributed by atoms with van der Waals surface area (Å²) in [4.78, 5) is 10.6. The maximum Gasteiger partial charge on any atom is 0.150 e. The van der Waals surface area contributed by atoms with Crippen molar-refractivity contribution in [1.29, 1.82) is 0 Å². The number of aldehydes is 1. The number of hydrogen-bond acceptors (Lipinski definition) is 3. The van der Waals surface area contributed by atoms with E-state index in [1.807, 2.05) is 66.7 Å². The van der Waals surface area contributed by atoms with Gasteiger partial charge in [0.2, 0.25) is 0 Å². The minimum Gasteiger partial charge on any atom is -0.298 e. The highest BCUT2D eigenvalue weighted by Crippen LogP contribution is 2.22. The molecule has 4 aromatic rings. The molecule has 3 nitrogen and oxygen atoms in total. The average Bonchev–Trinajstić information content (AvgIpc) is 2.82. The van der Waals surface area contributed by atoms with Gasteiger partial charge in [0, 0.05) is 10.0 Å². The summed E-state index contributed by atoms with van der Waals surface area (Å²) in [6.45, 7) is 0. The fourth-order valence-electron chi connectivity index (χ4n) is 2.72. The molecule has 4 aromatic carbocycles. The largest absolute Gasteiger partial charge is 0.298 e. The van der Waals surface area contributed by atoms with E-state index in [9.17, 15) is 4.79 Å². The van der Waals surface area contributed by atoms with Crippen LogP contribution in [0, 0.1) is 0 Å². The molecule has 0 unspecified atom stereocenters. The van der Waals surface area contributed by atoms with Crippen molar-refractivity contribution in [1.82, 2.24) is 0 Å². The van der Waals surface area contributed by atoms with Gasteiger partial charge < -0.3 is 0 Å². The van der Waals surface area contributed by atoms with Gasteiger partial charge in [-0.2, -0.15) is 0 Å². The summed E-state index contributed by atoms with van der Waals surface area (Å²) >= 11 is 3.46. The number of rotatable bonds is 3. The first-order chi connectivity index (χ1) is 14.3. The Labute approximate surface area is 186 Å². The lowest BCUT2D eigenvalue weighted by molar-refractivity contribution is -0.176. The van der Waals surface area contributed by atoms with Gasteiger partial charge in [0.05, 0.1) is 0 Å². The predicted octanol–water partition coefficient (Wildman–Crippen LogP) is 7.94. The molecule has 4 rings (SSSR count). The SMILES string of the molecule is Brc1cccc(-c2ccccc2)c1.C.O=Cc1cccc(-c2ccccc2)c1.OO. The van der Waals surface area contributed by atoms with E-state index >= 15 is 0 Å². The highest BCUT2D eigenvalue weighted by Gasteiger charge is 1.97. The molecule has 0 saturated carbocycles. The third-order valence-electron chi connectivity index (χ3n) is 4.06. The molecule has 154 valence electrons. The van der Waals surface area contributed by atoms with Crippen LogP contribution in [0.4, 0.5) is 0 Å². The first kappa shape index (κ1) is 25.0. The Morgan fingerprint density at radius 2 is 1.00 bits per heavy atom. The van der Waals surface area contributed by atoms with Crippen LogP contribution in [0.25, 0.3) is 22.3 Å². The topological polar surface area (TPSA) is 57.5 Å². The van der Waals surface area contributed by atoms with E-state index in [1.165, 1.54) is 11.1 Å². The van der Waals surface area contributed by atoms with Gasteiger partial charge in [-0.1, -0.05) is 114 Å². The predicted molar refractivity (Wildman–Crippen MR) is 129 cm³/mol. The van der Waals surface area contributed by atoms with Crippen LogP contribution in [0.3, 0.4) is 0 Å². The van der Waals surface area contributed by atoms with Crippen LogP contribution in [0.15, 0.2) is 114 Å². The zero-order chi connectivity index (χ0) is 20.9. The molecular weight excluding hydrogens is 440 g/mol. The molecule has 0 bridgehead atoms. The molecule has 0 atom stereocenters. The third kappa shape index (κ3) is 7.76. The van der Waals surface area contributed by atoms with E-state index in [0.717, 1.165) is 21.9 Å². The van der Waals surface area contributed by atoms with Crippen LogP contribution >= 0.6 is 15.9 Å². The molecule has 0 aliphatic carbocycles. The van der Waals surface area contributed by atoms with E-state index in [0.29, 0.717) is 5.56 Å². The Balaban J connectivity index is 0.000000270. The number of benzene rings is 4. The smallest absolute Gasteiger partial charge is 0.150 e. The van der Waals surface area contributed by atoms with E-state index in [1.54, 1.807) is 6.07 Å². The zero-order valence-electron chi connectivity index (χ0n) is 15.7. The van der Waals surface area contributed by atoms with Gasteiger partial charge >= 0.3 is 0 Å². The molecule has 0 aliphatic heterocycles. The molecular formula is C26H25BrO3. The van der Waals surface area contributed by atoms with E-state index in [4.69, 9.17) is 10.5 Å². The van der Waals surface area contributed by atoms with Crippen molar-refractivity contribution in [3.8, 4) is 22.3 Å². The van der Waals surface area contributed by atoms with Crippen LogP contribution in [-0.4, -0.2) is 16.8 Å². The summed E-state index contributed by atoms with van der Waals surface area (Å²) in [6.07, 6.45) is 0.867.